The Labute approximate surface area is 153 Å². The van der Waals surface area contributed by atoms with Crippen molar-refractivity contribution >= 4 is 21.6 Å². The highest BCUT2D eigenvalue weighted by molar-refractivity contribution is 7.89. The van der Waals surface area contributed by atoms with Crippen molar-refractivity contribution in [2.24, 2.45) is 0 Å². The molecule has 26 heavy (non-hydrogen) atoms. The standard InChI is InChI=1S/C15H15ClF3N3O3S/c1-9-11(16)5-2-6-12(9)26(23,24)22-7-3-4-10(8-22)13-20-21-14(25-13)15(17,18)19/h2,5-6,10H,3-4,7-8H2,1H3. The van der Waals surface area contributed by atoms with Gasteiger partial charge in [0.15, 0.2) is 0 Å². The number of alkyl halides is 3. The summed E-state index contributed by atoms with van der Waals surface area (Å²) < 4.78 is 69.6. The number of hydrogen-bond donors (Lipinski definition) is 0. The topological polar surface area (TPSA) is 76.3 Å². The number of aromatic nitrogens is 2. The van der Waals surface area contributed by atoms with Crippen molar-refractivity contribution in [1.82, 2.24) is 14.5 Å². The van der Waals surface area contributed by atoms with Crippen LogP contribution in [0.5, 0.6) is 0 Å². The summed E-state index contributed by atoms with van der Waals surface area (Å²) in [5.41, 5.74) is 0.424. The van der Waals surface area contributed by atoms with E-state index in [0.717, 1.165) is 0 Å². The Morgan fingerprint density at radius 2 is 2.04 bits per heavy atom. The Morgan fingerprint density at radius 1 is 1.31 bits per heavy atom. The Morgan fingerprint density at radius 3 is 2.69 bits per heavy atom. The maximum Gasteiger partial charge on any atom is 0.470 e. The molecule has 0 radical (unpaired) electrons. The van der Waals surface area contributed by atoms with E-state index in [9.17, 15) is 21.6 Å². The van der Waals surface area contributed by atoms with Gasteiger partial charge in [0.05, 0.1) is 10.8 Å². The van der Waals surface area contributed by atoms with Gasteiger partial charge < -0.3 is 4.42 Å². The molecule has 1 fully saturated rings. The number of piperidine rings is 1. The fraction of sp³-hybridized carbons (Fsp3) is 0.467. The van der Waals surface area contributed by atoms with Crippen LogP contribution in [0.2, 0.25) is 5.02 Å². The first-order chi connectivity index (χ1) is 12.1. The SMILES string of the molecule is Cc1c(Cl)cccc1S(=O)(=O)N1CCCC(c2nnc(C(F)(F)F)o2)C1. The normalized spacial score (nSPS) is 19.7. The first kappa shape index (κ1) is 19.1. The molecule has 1 saturated heterocycles. The predicted octanol–water partition coefficient (Wildman–Crippen LogP) is 3.62. The number of sulfonamides is 1. The maximum atomic E-state index is 12.9. The average molecular weight is 410 g/mol. The molecule has 3 rings (SSSR count). The lowest BCUT2D eigenvalue weighted by Gasteiger charge is -2.30. The molecule has 1 atom stereocenters. The van der Waals surface area contributed by atoms with Crippen molar-refractivity contribution in [3.05, 3.63) is 40.6 Å². The molecular weight excluding hydrogens is 395 g/mol. The predicted molar refractivity (Wildman–Crippen MR) is 86.2 cm³/mol. The van der Waals surface area contributed by atoms with Gasteiger partial charge in [0, 0.05) is 18.1 Å². The monoisotopic (exact) mass is 409 g/mol. The molecule has 1 aromatic heterocycles. The molecule has 0 N–H and O–H groups in total. The van der Waals surface area contributed by atoms with Gasteiger partial charge in [-0.15, -0.1) is 10.2 Å². The summed E-state index contributed by atoms with van der Waals surface area (Å²) in [5.74, 6) is -2.24. The van der Waals surface area contributed by atoms with E-state index >= 15 is 0 Å². The second-order valence-corrected chi connectivity index (χ2v) is 8.32. The highest BCUT2D eigenvalue weighted by atomic mass is 35.5. The lowest BCUT2D eigenvalue weighted by atomic mass is 10.00. The molecule has 0 saturated carbocycles. The molecule has 142 valence electrons. The van der Waals surface area contributed by atoms with Crippen LogP contribution in [0.3, 0.4) is 0 Å². The van der Waals surface area contributed by atoms with Crippen LogP contribution < -0.4 is 0 Å². The fourth-order valence-electron chi connectivity index (χ4n) is 2.88. The molecule has 0 aliphatic carbocycles. The molecule has 0 bridgehead atoms. The minimum Gasteiger partial charge on any atom is -0.417 e. The molecular formula is C15H15ClF3N3O3S. The zero-order valence-corrected chi connectivity index (χ0v) is 15.2. The third-order valence-electron chi connectivity index (χ3n) is 4.25. The van der Waals surface area contributed by atoms with Crippen LogP contribution in [-0.4, -0.2) is 36.0 Å². The molecule has 0 spiro atoms. The van der Waals surface area contributed by atoms with Gasteiger partial charge in [-0.3, -0.25) is 0 Å². The quantitative estimate of drug-likeness (QED) is 0.773. The van der Waals surface area contributed by atoms with Crippen molar-refractivity contribution < 1.29 is 26.0 Å². The molecule has 1 aromatic carbocycles. The average Bonchev–Trinajstić information content (AvgIpc) is 3.08. The van der Waals surface area contributed by atoms with Gasteiger partial charge in [0.2, 0.25) is 15.9 Å². The highest BCUT2D eigenvalue weighted by Crippen LogP contribution is 2.34. The van der Waals surface area contributed by atoms with Gasteiger partial charge in [-0.1, -0.05) is 17.7 Å². The van der Waals surface area contributed by atoms with E-state index in [4.69, 9.17) is 16.0 Å². The van der Waals surface area contributed by atoms with Crippen LogP contribution in [0.25, 0.3) is 0 Å². The van der Waals surface area contributed by atoms with Crippen LogP contribution in [0.1, 0.15) is 36.1 Å². The van der Waals surface area contributed by atoms with Crippen molar-refractivity contribution in [3.8, 4) is 0 Å². The molecule has 11 heteroatoms. The zero-order valence-electron chi connectivity index (χ0n) is 13.6. The fourth-order valence-corrected chi connectivity index (χ4v) is 4.88. The van der Waals surface area contributed by atoms with Crippen molar-refractivity contribution in [2.75, 3.05) is 13.1 Å². The first-order valence-corrected chi connectivity index (χ1v) is 9.58. The van der Waals surface area contributed by atoms with Crippen LogP contribution in [0, 0.1) is 6.92 Å². The molecule has 1 aliphatic rings. The zero-order chi connectivity index (χ0) is 19.1. The maximum absolute atomic E-state index is 12.9. The number of hydrogen-bond acceptors (Lipinski definition) is 5. The Balaban J connectivity index is 1.86. The first-order valence-electron chi connectivity index (χ1n) is 7.76. The van der Waals surface area contributed by atoms with E-state index in [1.54, 1.807) is 13.0 Å². The van der Waals surface area contributed by atoms with Gasteiger partial charge in [-0.25, -0.2) is 8.42 Å². The van der Waals surface area contributed by atoms with E-state index < -0.39 is 28.0 Å². The Kier molecular flexibility index (Phi) is 5.02. The summed E-state index contributed by atoms with van der Waals surface area (Å²) in [6.07, 6.45) is -3.81. The lowest BCUT2D eigenvalue weighted by Crippen LogP contribution is -2.39. The van der Waals surface area contributed by atoms with Crippen molar-refractivity contribution in [3.63, 3.8) is 0 Å². The number of nitrogens with zero attached hydrogens (tertiary/aromatic N) is 3. The van der Waals surface area contributed by atoms with E-state index in [2.05, 4.69) is 10.2 Å². The largest absolute Gasteiger partial charge is 0.470 e. The molecule has 2 heterocycles. The summed E-state index contributed by atoms with van der Waals surface area (Å²) in [6.45, 7) is 1.82. The minimum atomic E-state index is -4.73. The van der Waals surface area contributed by atoms with Gasteiger partial charge in [-0.2, -0.15) is 17.5 Å². The van der Waals surface area contributed by atoms with E-state index in [1.165, 1.54) is 16.4 Å². The van der Waals surface area contributed by atoms with Crippen LogP contribution in [0.4, 0.5) is 13.2 Å². The summed E-state index contributed by atoms with van der Waals surface area (Å²) in [5, 5.41) is 6.78. The van der Waals surface area contributed by atoms with Crippen molar-refractivity contribution in [1.29, 1.82) is 0 Å². The van der Waals surface area contributed by atoms with Crippen LogP contribution in [-0.2, 0) is 16.2 Å². The highest BCUT2D eigenvalue weighted by Gasteiger charge is 2.40. The van der Waals surface area contributed by atoms with E-state index in [-0.39, 0.29) is 23.9 Å². The van der Waals surface area contributed by atoms with Gasteiger partial charge in [0.1, 0.15) is 0 Å². The lowest BCUT2D eigenvalue weighted by molar-refractivity contribution is -0.157. The van der Waals surface area contributed by atoms with Gasteiger partial charge in [0.25, 0.3) is 0 Å². The summed E-state index contributed by atoms with van der Waals surface area (Å²) in [4.78, 5) is 0.0761. The second-order valence-electron chi connectivity index (χ2n) is 6.01. The molecule has 1 aliphatic heterocycles. The number of benzene rings is 1. The third kappa shape index (κ3) is 3.58. The van der Waals surface area contributed by atoms with Gasteiger partial charge in [-0.05, 0) is 37.5 Å². The van der Waals surface area contributed by atoms with Crippen LogP contribution >= 0.6 is 11.6 Å². The summed E-state index contributed by atoms with van der Waals surface area (Å²) in [7, 11) is -3.84. The summed E-state index contributed by atoms with van der Waals surface area (Å²) >= 11 is 6.01. The van der Waals surface area contributed by atoms with Gasteiger partial charge >= 0.3 is 12.1 Å². The number of halogens is 4. The summed E-state index contributed by atoms with van der Waals surface area (Å²) in [6, 6.07) is 4.58. The molecule has 1 unspecified atom stereocenters. The Bertz CT molecular complexity index is 914. The van der Waals surface area contributed by atoms with E-state index in [0.29, 0.717) is 23.4 Å². The Hall–Kier alpha value is -1.65. The molecule has 6 nitrogen and oxygen atoms in total. The molecule has 0 amide bonds. The third-order valence-corrected chi connectivity index (χ3v) is 6.67. The van der Waals surface area contributed by atoms with E-state index in [1.807, 2.05) is 0 Å². The smallest absolute Gasteiger partial charge is 0.417 e. The minimum absolute atomic E-state index is 0.0340. The van der Waals surface area contributed by atoms with Crippen LogP contribution in [0.15, 0.2) is 27.5 Å². The second kappa shape index (κ2) is 6.82. The van der Waals surface area contributed by atoms with Crippen molar-refractivity contribution in [2.45, 2.75) is 36.8 Å². The molecule has 2 aromatic rings. The number of rotatable bonds is 3.